The van der Waals surface area contributed by atoms with Crippen molar-refractivity contribution < 1.29 is 33.3 Å². The number of carbonyl (C=O) groups excluding carboxylic acids is 2. The summed E-state index contributed by atoms with van der Waals surface area (Å²) in [5, 5.41) is 3.72. The monoisotopic (exact) mass is 792 g/mol. The first-order chi connectivity index (χ1) is 27.4. The summed E-state index contributed by atoms with van der Waals surface area (Å²) in [6.07, 6.45) is 0. The van der Waals surface area contributed by atoms with E-state index in [4.69, 9.17) is 28.7 Å². The zero-order valence-electron chi connectivity index (χ0n) is 35.4. The number of benzene rings is 2. The highest BCUT2D eigenvalue weighted by molar-refractivity contribution is 5.96. The number of fused-ring (bicyclic) bond motifs is 1. The third-order valence-corrected chi connectivity index (χ3v) is 11.8. The molecule has 314 valence electrons. The van der Waals surface area contributed by atoms with Gasteiger partial charge in [0.05, 0.1) is 89.1 Å². The maximum absolute atomic E-state index is 14.0. The number of nitrogens with zero attached hydrogens (tertiary/aromatic N) is 5. The van der Waals surface area contributed by atoms with Crippen LogP contribution < -0.4 is 10.9 Å². The van der Waals surface area contributed by atoms with Crippen molar-refractivity contribution in [3.63, 3.8) is 0 Å². The molecule has 2 fully saturated rings. The van der Waals surface area contributed by atoms with Crippen LogP contribution in [0.1, 0.15) is 59.1 Å². The highest BCUT2D eigenvalue weighted by atomic mass is 16.5. The predicted octanol–water partition coefficient (Wildman–Crippen LogP) is 3.88. The van der Waals surface area contributed by atoms with Crippen molar-refractivity contribution in [3.8, 4) is 0 Å². The number of nitrogens with one attached hydrogen (secondary N) is 1. The van der Waals surface area contributed by atoms with Gasteiger partial charge in [-0.25, -0.2) is 4.98 Å². The van der Waals surface area contributed by atoms with Crippen LogP contribution in [0, 0.1) is 41.5 Å². The van der Waals surface area contributed by atoms with Crippen molar-refractivity contribution in [2.75, 3.05) is 111 Å². The maximum Gasteiger partial charge on any atom is 0.261 e. The fraction of sp³-hybridized carbons (Fsp3) is 0.628. The van der Waals surface area contributed by atoms with Gasteiger partial charge >= 0.3 is 0 Å². The lowest BCUT2D eigenvalue weighted by molar-refractivity contribution is -0.136. The Kier molecular flexibility index (Phi) is 16.6. The van der Waals surface area contributed by atoms with Crippen LogP contribution in [0.2, 0.25) is 0 Å². The Bertz CT molecular complexity index is 1840. The first-order valence-corrected chi connectivity index (χ1v) is 20.4. The van der Waals surface area contributed by atoms with Crippen molar-refractivity contribution in [3.05, 3.63) is 67.8 Å². The number of aromatic nitrogens is 2. The molecule has 57 heavy (non-hydrogen) atoms. The van der Waals surface area contributed by atoms with Crippen molar-refractivity contribution in [1.82, 2.24) is 24.3 Å². The summed E-state index contributed by atoms with van der Waals surface area (Å²) in [5.74, 6) is 0.331. The molecule has 3 aromatic rings. The molecule has 0 spiro atoms. The van der Waals surface area contributed by atoms with E-state index in [9.17, 15) is 14.4 Å². The van der Waals surface area contributed by atoms with E-state index in [0.717, 1.165) is 22.4 Å². The molecule has 2 aliphatic rings. The Labute approximate surface area is 337 Å². The molecule has 1 aromatic heterocycles. The molecule has 2 aromatic carbocycles. The Hall–Kier alpha value is -3.76. The topological polar surface area (TPSA) is 137 Å². The molecule has 0 saturated carbocycles. The summed E-state index contributed by atoms with van der Waals surface area (Å²) in [4.78, 5) is 52.2. The first kappa shape index (κ1) is 44.3. The molecular formula is C43H64N6O8. The Balaban J connectivity index is 1.23. The molecule has 5 rings (SSSR count). The minimum Gasteiger partial charge on any atom is -0.378 e. The SMILES string of the molecule is Cc1c(C)c(C)c(NC(=O)C(C)N2CCOCCOCCN(C(C)c3nc4c(C)cccc4c(=O)n3CC(=O)N3CCOCC3)CCOCCOCC2)c(C)c1C. The van der Waals surface area contributed by atoms with Crippen LogP contribution in [0.3, 0.4) is 0 Å². The summed E-state index contributed by atoms with van der Waals surface area (Å²) in [5.41, 5.74) is 8.03. The summed E-state index contributed by atoms with van der Waals surface area (Å²) in [6, 6.07) is 4.83. The Morgan fingerprint density at radius 2 is 1.14 bits per heavy atom. The van der Waals surface area contributed by atoms with Crippen LogP contribution in [0.5, 0.6) is 0 Å². The Morgan fingerprint density at radius 1 is 0.667 bits per heavy atom. The fourth-order valence-electron chi connectivity index (χ4n) is 7.54. The van der Waals surface area contributed by atoms with Gasteiger partial charge in [-0.15, -0.1) is 0 Å². The van der Waals surface area contributed by atoms with Crippen LogP contribution >= 0.6 is 0 Å². The fourth-order valence-corrected chi connectivity index (χ4v) is 7.54. The van der Waals surface area contributed by atoms with Gasteiger partial charge in [-0.05, 0) is 94.8 Å². The molecule has 0 bridgehead atoms. The van der Waals surface area contributed by atoms with E-state index in [1.165, 1.54) is 16.7 Å². The molecular weight excluding hydrogens is 729 g/mol. The smallest absolute Gasteiger partial charge is 0.261 e. The van der Waals surface area contributed by atoms with Gasteiger partial charge in [0.2, 0.25) is 11.8 Å². The summed E-state index contributed by atoms with van der Waals surface area (Å²) in [6.45, 7) is 23.7. The van der Waals surface area contributed by atoms with Crippen LogP contribution in [-0.4, -0.2) is 147 Å². The Morgan fingerprint density at radius 3 is 1.68 bits per heavy atom. The van der Waals surface area contributed by atoms with E-state index in [1.807, 2.05) is 32.9 Å². The quantitative estimate of drug-likeness (QED) is 0.374. The molecule has 0 radical (unpaired) electrons. The standard InChI is InChI=1S/C43H64N6O8/c1-29-10-9-11-37-39(29)44-41(49(43(37)52)28-38(50)48-16-22-53-23-17-48)35(7)46-12-18-54-24-26-56-20-14-47(15-21-57-27-25-55-19-13-46)36(8)42(51)45-40-33(5)31(3)30(2)32(4)34(40)6/h9-11,35-36H,12-28H2,1-8H3,(H,45,51). The van der Waals surface area contributed by atoms with Crippen molar-refractivity contribution in [2.45, 2.75) is 74.0 Å². The number of rotatable bonds is 7. The molecule has 3 heterocycles. The van der Waals surface area contributed by atoms with Gasteiger partial charge in [0, 0.05) is 45.0 Å². The number of morpholine rings is 1. The number of aryl methyl sites for hydroxylation is 1. The van der Waals surface area contributed by atoms with Gasteiger partial charge < -0.3 is 33.9 Å². The average molecular weight is 793 g/mol. The first-order valence-electron chi connectivity index (χ1n) is 20.4. The van der Waals surface area contributed by atoms with Crippen molar-refractivity contribution >= 4 is 28.4 Å². The zero-order valence-corrected chi connectivity index (χ0v) is 35.4. The molecule has 0 aliphatic carbocycles. The number of ether oxygens (including phenoxy) is 5. The second-order valence-electron chi connectivity index (χ2n) is 15.2. The van der Waals surface area contributed by atoms with E-state index < -0.39 is 6.04 Å². The minimum atomic E-state index is -0.404. The van der Waals surface area contributed by atoms with Gasteiger partial charge in [0.1, 0.15) is 12.4 Å². The van der Waals surface area contributed by atoms with E-state index in [1.54, 1.807) is 15.5 Å². The molecule has 14 heteroatoms. The third kappa shape index (κ3) is 11.3. The highest BCUT2D eigenvalue weighted by Crippen LogP contribution is 2.30. The summed E-state index contributed by atoms with van der Waals surface area (Å²) in [7, 11) is 0. The predicted molar refractivity (Wildman–Crippen MR) is 221 cm³/mol. The second kappa shape index (κ2) is 21.3. The van der Waals surface area contributed by atoms with Crippen molar-refractivity contribution in [1.29, 1.82) is 0 Å². The van der Waals surface area contributed by atoms with E-state index in [2.05, 4.69) is 49.7 Å². The number of para-hydroxylation sites is 1. The van der Waals surface area contributed by atoms with Gasteiger partial charge in [-0.1, -0.05) is 12.1 Å². The van der Waals surface area contributed by atoms with Crippen molar-refractivity contribution in [2.24, 2.45) is 0 Å². The molecule has 2 unspecified atom stereocenters. The second-order valence-corrected chi connectivity index (χ2v) is 15.2. The molecule has 2 amide bonds. The molecule has 2 aliphatic heterocycles. The van der Waals surface area contributed by atoms with Crippen LogP contribution in [-0.2, 0) is 39.8 Å². The number of hydrogen-bond donors (Lipinski definition) is 1. The lowest BCUT2D eigenvalue weighted by atomic mass is 9.93. The van der Waals surface area contributed by atoms with Gasteiger partial charge in [0.25, 0.3) is 5.56 Å². The average Bonchev–Trinajstić information content (AvgIpc) is 3.21. The highest BCUT2D eigenvalue weighted by Gasteiger charge is 2.27. The molecule has 14 nitrogen and oxygen atoms in total. The van der Waals surface area contributed by atoms with E-state index in [0.29, 0.717) is 122 Å². The molecule has 2 saturated heterocycles. The van der Waals surface area contributed by atoms with Gasteiger partial charge in [0.15, 0.2) is 0 Å². The number of amides is 2. The lowest BCUT2D eigenvalue weighted by Gasteiger charge is -2.31. The van der Waals surface area contributed by atoms with Gasteiger partial charge in [-0.2, -0.15) is 0 Å². The maximum atomic E-state index is 14.0. The number of anilines is 1. The molecule has 2 atom stereocenters. The zero-order chi connectivity index (χ0) is 41.1. The van der Waals surface area contributed by atoms with E-state index in [-0.39, 0.29) is 30.0 Å². The van der Waals surface area contributed by atoms with Crippen LogP contribution in [0.15, 0.2) is 23.0 Å². The third-order valence-electron chi connectivity index (χ3n) is 11.8. The minimum absolute atomic E-state index is 0.0637. The lowest BCUT2D eigenvalue weighted by Crippen LogP contribution is -2.45. The molecule has 1 N–H and O–H groups in total. The largest absolute Gasteiger partial charge is 0.378 e. The summed E-state index contributed by atoms with van der Waals surface area (Å²) >= 11 is 0. The normalized spacial score (nSPS) is 19.1. The van der Waals surface area contributed by atoms with Crippen LogP contribution in [0.4, 0.5) is 5.69 Å². The number of carbonyl (C=O) groups is 2. The van der Waals surface area contributed by atoms with Crippen LogP contribution in [0.25, 0.3) is 10.9 Å². The summed E-state index contributed by atoms with van der Waals surface area (Å²) < 4.78 is 31.1. The van der Waals surface area contributed by atoms with E-state index >= 15 is 0 Å². The number of hydrogen-bond acceptors (Lipinski definition) is 11. The van der Waals surface area contributed by atoms with Gasteiger partial charge in [-0.3, -0.25) is 28.8 Å².